The Kier molecular flexibility index (Phi) is 5.81. The molecule has 0 saturated heterocycles. The number of nitrogens with one attached hydrogen (secondary N) is 1. The van der Waals surface area contributed by atoms with Gasteiger partial charge in [-0.1, -0.05) is 18.2 Å². The van der Waals surface area contributed by atoms with Crippen molar-refractivity contribution in [1.29, 1.82) is 0 Å². The molecule has 0 aliphatic carbocycles. The minimum Gasteiger partial charge on any atom is -0.462 e. The lowest BCUT2D eigenvalue weighted by Gasteiger charge is -2.09. The zero-order valence-electron chi connectivity index (χ0n) is 17.1. The molecule has 2 heterocycles. The van der Waals surface area contributed by atoms with Gasteiger partial charge in [0, 0.05) is 23.8 Å². The molecule has 2 aromatic heterocycles. The number of carbonyl (C=O) groups excluding carboxylic acids is 3. The highest BCUT2D eigenvalue weighted by atomic mass is 16.5. The number of carbonyl (C=O) groups is 3. The number of H-pyrrole nitrogens is 1. The standard InChI is InChI=1S/C21H21N3O6/c1-5-29-20(27)17-12(3)22-11(2)16(17)15(25)10-30-21(28)18-13-8-6-7-9-14(13)19(26)24(4)23-18/h6-9,22H,5,10H2,1-4H3. The first-order chi connectivity index (χ1) is 14.3. The maximum absolute atomic E-state index is 12.7. The zero-order chi connectivity index (χ0) is 22.0. The predicted octanol–water partition coefficient (Wildman–Crippen LogP) is 2.09. The first kappa shape index (κ1) is 21.0. The van der Waals surface area contributed by atoms with Crippen molar-refractivity contribution in [2.75, 3.05) is 13.2 Å². The van der Waals surface area contributed by atoms with Gasteiger partial charge in [-0.15, -0.1) is 0 Å². The largest absolute Gasteiger partial charge is 0.462 e. The van der Waals surface area contributed by atoms with Crippen molar-refractivity contribution in [2.24, 2.45) is 7.05 Å². The molecule has 3 rings (SSSR count). The third kappa shape index (κ3) is 3.73. The number of benzene rings is 1. The van der Waals surface area contributed by atoms with E-state index in [9.17, 15) is 19.2 Å². The summed E-state index contributed by atoms with van der Waals surface area (Å²) in [4.78, 5) is 52.7. The Morgan fingerprint density at radius 2 is 1.63 bits per heavy atom. The van der Waals surface area contributed by atoms with E-state index in [1.165, 1.54) is 7.05 Å². The van der Waals surface area contributed by atoms with Crippen LogP contribution in [0.4, 0.5) is 0 Å². The van der Waals surface area contributed by atoms with E-state index in [0.29, 0.717) is 22.2 Å². The lowest BCUT2D eigenvalue weighted by atomic mass is 10.1. The SMILES string of the molecule is CCOC(=O)c1c(C)[nH]c(C)c1C(=O)COC(=O)c1nn(C)c(=O)c2ccccc12. The van der Waals surface area contributed by atoms with Gasteiger partial charge in [-0.2, -0.15) is 5.10 Å². The van der Waals surface area contributed by atoms with Gasteiger partial charge in [0.1, 0.15) is 0 Å². The minimum atomic E-state index is -0.849. The van der Waals surface area contributed by atoms with Crippen molar-refractivity contribution < 1.29 is 23.9 Å². The molecule has 0 saturated carbocycles. The molecule has 0 fully saturated rings. The van der Waals surface area contributed by atoms with Gasteiger partial charge in [0.05, 0.1) is 23.1 Å². The Morgan fingerprint density at radius 3 is 2.30 bits per heavy atom. The number of nitrogens with zero attached hydrogens (tertiary/aromatic N) is 2. The Bertz CT molecular complexity index is 1220. The maximum Gasteiger partial charge on any atom is 0.359 e. The van der Waals surface area contributed by atoms with Crippen molar-refractivity contribution in [3.05, 3.63) is 62.8 Å². The van der Waals surface area contributed by atoms with Gasteiger partial charge in [0.2, 0.25) is 5.78 Å². The van der Waals surface area contributed by atoms with Gasteiger partial charge in [0.15, 0.2) is 12.3 Å². The predicted molar refractivity (Wildman–Crippen MR) is 108 cm³/mol. The smallest absolute Gasteiger partial charge is 0.359 e. The van der Waals surface area contributed by atoms with Crippen molar-refractivity contribution in [1.82, 2.24) is 14.8 Å². The molecule has 9 nitrogen and oxygen atoms in total. The van der Waals surface area contributed by atoms with E-state index in [0.717, 1.165) is 4.68 Å². The monoisotopic (exact) mass is 411 g/mol. The Hall–Kier alpha value is -3.75. The number of fused-ring (bicyclic) bond motifs is 1. The first-order valence-electron chi connectivity index (χ1n) is 9.28. The lowest BCUT2D eigenvalue weighted by Crippen LogP contribution is -2.25. The van der Waals surface area contributed by atoms with Crippen molar-refractivity contribution >= 4 is 28.5 Å². The van der Waals surface area contributed by atoms with Crippen LogP contribution in [0, 0.1) is 13.8 Å². The van der Waals surface area contributed by atoms with Crippen molar-refractivity contribution in [3.63, 3.8) is 0 Å². The Labute approximate surface area is 171 Å². The molecule has 0 aliphatic rings. The summed E-state index contributed by atoms with van der Waals surface area (Å²) < 4.78 is 11.2. The highest BCUT2D eigenvalue weighted by molar-refractivity contribution is 6.10. The number of hydrogen-bond acceptors (Lipinski definition) is 7. The number of aromatic nitrogens is 3. The number of ketones is 1. The van der Waals surface area contributed by atoms with E-state index < -0.39 is 24.3 Å². The summed E-state index contributed by atoms with van der Waals surface area (Å²) in [6, 6.07) is 6.51. The molecule has 0 amide bonds. The van der Waals surface area contributed by atoms with Gasteiger partial charge in [0.25, 0.3) is 5.56 Å². The third-order valence-electron chi connectivity index (χ3n) is 4.62. The molecule has 0 spiro atoms. The molecular formula is C21H21N3O6. The number of rotatable bonds is 6. The maximum atomic E-state index is 12.7. The quantitative estimate of drug-likeness (QED) is 0.487. The van der Waals surface area contributed by atoms with E-state index in [2.05, 4.69) is 10.1 Å². The van der Waals surface area contributed by atoms with Crippen LogP contribution in [0.3, 0.4) is 0 Å². The summed E-state index contributed by atoms with van der Waals surface area (Å²) in [6.45, 7) is 4.54. The van der Waals surface area contributed by atoms with Gasteiger partial charge in [-0.05, 0) is 26.8 Å². The number of Topliss-reactive ketones (excluding diaryl/α,β-unsaturated/α-hetero) is 1. The second-order valence-corrected chi connectivity index (χ2v) is 6.67. The number of esters is 2. The number of aryl methyl sites for hydroxylation is 3. The van der Waals surface area contributed by atoms with E-state index in [1.54, 1.807) is 45.0 Å². The van der Waals surface area contributed by atoms with Gasteiger partial charge >= 0.3 is 11.9 Å². The molecule has 30 heavy (non-hydrogen) atoms. The van der Waals surface area contributed by atoms with Crippen LogP contribution in [-0.2, 0) is 16.5 Å². The van der Waals surface area contributed by atoms with Gasteiger partial charge < -0.3 is 14.5 Å². The Morgan fingerprint density at radius 1 is 1.00 bits per heavy atom. The Balaban J connectivity index is 1.87. The summed E-state index contributed by atoms with van der Waals surface area (Å²) in [7, 11) is 1.42. The molecule has 3 aromatic rings. The number of hydrogen-bond donors (Lipinski definition) is 1. The van der Waals surface area contributed by atoms with E-state index >= 15 is 0 Å². The average molecular weight is 411 g/mol. The van der Waals surface area contributed by atoms with Crippen molar-refractivity contribution in [2.45, 2.75) is 20.8 Å². The molecule has 156 valence electrons. The summed E-state index contributed by atoms with van der Waals surface area (Å²) in [6.07, 6.45) is 0. The van der Waals surface area contributed by atoms with Crippen molar-refractivity contribution in [3.8, 4) is 0 Å². The molecule has 9 heteroatoms. The molecule has 0 aliphatic heterocycles. The summed E-state index contributed by atoms with van der Waals surface area (Å²) in [5, 5.41) is 4.63. The number of ether oxygens (including phenoxy) is 2. The number of aromatic amines is 1. The topological polar surface area (TPSA) is 120 Å². The molecule has 0 unspecified atom stereocenters. The van der Waals surface area contributed by atoms with E-state index in [1.807, 2.05) is 0 Å². The second-order valence-electron chi connectivity index (χ2n) is 6.67. The van der Waals surface area contributed by atoms with Crippen LogP contribution >= 0.6 is 0 Å². The molecule has 0 radical (unpaired) electrons. The molecule has 0 atom stereocenters. The molecule has 1 aromatic carbocycles. The van der Waals surface area contributed by atoms with Crippen LogP contribution < -0.4 is 5.56 Å². The van der Waals surface area contributed by atoms with E-state index in [-0.39, 0.29) is 29.0 Å². The second kappa shape index (κ2) is 8.32. The third-order valence-corrected chi connectivity index (χ3v) is 4.62. The van der Waals surface area contributed by atoms with Crippen LogP contribution in [0.2, 0.25) is 0 Å². The first-order valence-corrected chi connectivity index (χ1v) is 9.28. The lowest BCUT2D eigenvalue weighted by molar-refractivity contribution is 0.0466. The fraction of sp³-hybridized carbons (Fsp3) is 0.286. The fourth-order valence-electron chi connectivity index (χ4n) is 3.31. The summed E-state index contributed by atoms with van der Waals surface area (Å²) in [5.41, 5.74) is 0.788. The van der Waals surface area contributed by atoms with Crippen LogP contribution in [0.1, 0.15) is 49.5 Å². The minimum absolute atomic E-state index is 0.0758. The normalized spacial score (nSPS) is 10.8. The van der Waals surface area contributed by atoms with E-state index in [4.69, 9.17) is 9.47 Å². The van der Waals surface area contributed by atoms with Crippen LogP contribution in [0.25, 0.3) is 10.8 Å². The van der Waals surface area contributed by atoms with Crippen LogP contribution in [-0.4, -0.2) is 45.7 Å². The zero-order valence-corrected chi connectivity index (χ0v) is 17.1. The molecular weight excluding hydrogens is 390 g/mol. The molecule has 1 N–H and O–H groups in total. The fourth-order valence-corrected chi connectivity index (χ4v) is 3.31. The highest BCUT2D eigenvalue weighted by Crippen LogP contribution is 2.21. The molecule has 0 bridgehead atoms. The summed E-state index contributed by atoms with van der Waals surface area (Å²) >= 11 is 0. The van der Waals surface area contributed by atoms with Gasteiger partial charge in [-0.25, -0.2) is 14.3 Å². The van der Waals surface area contributed by atoms with Crippen LogP contribution in [0.5, 0.6) is 0 Å². The van der Waals surface area contributed by atoms with Gasteiger partial charge in [-0.3, -0.25) is 9.59 Å². The highest BCUT2D eigenvalue weighted by Gasteiger charge is 2.26. The average Bonchev–Trinajstić information content (AvgIpc) is 3.02. The summed E-state index contributed by atoms with van der Waals surface area (Å²) in [5.74, 6) is -2.03. The van der Waals surface area contributed by atoms with Crippen LogP contribution in [0.15, 0.2) is 29.1 Å².